The van der Waals surface area contributed by atoms with Crippen molar-refractivity contribution in [2.75, 3.05) is 19.3 Å². The number of alkyl halides is 2. The number of aliphatic hydroxyl groups excluding tert-OH is 1. The monoisotopic (exact) mass is 458 g/mol. The van der Waals surface area contributed by atoms with Crippen LogP contribution in [0.3, 0.4) is 0 Å². The second-order valence-electron chi connectivity index (χ2n) is 8.51. The van der Waals surface area contributed by atoms with E-state index in [-0.39, 0.29) is 29.7 Å². The van der Waals surface area contributed by atoms with Crippen molar-refractivity contribution in [2.45, 2.75) is 50.2 Å². The summed E-state index contributed by atoms with van der Waals surface area (Å²) in [5.74, 6) is -3.45. The Morgan fingerprint density at radius 3 is 2.55 bits per heavy atom. The molecule has 0 bridgehead atoms. The van der Waals surface area contributed by atoms with Crippen molar-refractivity contribution in [3.63, 3.8) is 0 Å². The van der Waals surface area contributed by atoms with Crippen LogP contribution in [0.2, 0.25) is 0 Å². The first-order valence-corrected chi connectivity index (χ1v) is 12.2. The van der Waals surface area contributed by atoms with E-state index in [2.05, 4.69) is 5.32 Å². The molecule has 2 atom stereocenters. The Hall–Kier alpha value is -1.80. The van der Waals surface area contributed by atoms with Gasteiger partial charge in [0.2, 0.25) is 0 Å². The number of benzene rings is 1. The number of rotatable bonds is 11. The van der Waals surface area contributed by atoms with Gasteiger partial charge in [-0.25, -0.2) is 4.79 Å². The Morgan fingerprint density at radius 1 is 1.26 bits per heavy atom. The van der Waals surface area contributed by atoms with Crippen molar-refractivity contribution < 1.29 is 33.0 Å². The number of aliphatic hydroxyl groups is 1. The molecule has 31 heavy (non-hydrogen) atoms. The summed E-state index contributed by atoms with van der Waals surface area (Å²) in [6, 6.07) is 6.35. The summed E-state index contributed by atoms with van der Waals surface area (Å²) in [6.45, 7) is 0.673. The molecule has 7 nitrogen and oxygen atoms in total. The van der Waals surface area contributed by atoms with Gasteiger partial charge in [-0.15, -0.1) is 0 Å². The van der Waals surface area contributed by atoms with E-state index in [0.29, 0.717) is 19.4 Å². The Morgan fingerprint density at radius 2 is 1.94 bits per heavy atom. The quantitative estimate of drug-likeness (QED) is 0.301. The number of nitrogens with one attached hydrogen (secondary N) is 1. The predicted octanol–water partition coefficient (Wildman–Crippen LogP) is 3.22. The lowest BCUT2D eigenvalue weighted by molar-refractivity contribution is -0.0929. The highest BCUT2D eigenvalue weighted by Gasteiger charge is 2.43. The molecule has 1 aliphatic heterocycles. The zero-order valence-electron chi connectivity index (χ0n) is 17.2. The van der Waals surface area contributed by atoms with Crippen LogP contribution in [0.1, 0.15) is 37.7 Å². The Labute approximate surface area is 180 Å². The molecule has 0 spiro atoms. The zero-order chi connectivity index (χ0) is 22.7. The fourth-order valence-electron chi connectivity index (χ4n) is 3.99. The summed E-state index contributed by atoms with van der Waals surface area (Å²) < 4.78 is 40.0. The average Bonchev–Trinajstić information content (AvgIpc) is 3.42. The van der Waals surface area contributed by atoms with Gasteiger partial charge in [0.25, 0.3) is 0 Å². The Balaban J connectivity index is 1.53. The average molecular weight is 458 g/mol. The van der Waals surface area contributed by atoms with E-state index >= 15 is 0 Å². The lowest BCUT2D eigenvalue weighted by Crippen LogP contribution is -2.35. The molecule has 2 unspecified atom stereocenters. The predicted molar refractivity (Wildman–Crippen MR) is 112 cm³/mol. The number of halogens is 2. The van der Waals surface area contributed by atoms with Gasteiger partial charge in [0, 0.05) is 18.7 Å². The summed E-state index contributed by atoms with van der Waals surface area (Å²) >= 11 is 0. The summed E-state index contributed by atoms with van der Waals surface area (Å²) in [4.78, 5) is 31.8. The van der Waals surface area contributed by atoms with E-state index in [1.165, 1.54) is 30.3 Å². The zero-order valence-corrected chi connectivity index (χ0v) is 18.1. The molecule has 0 radical (unpaired) electrons. The maximum Gasteiger partial charge on any atom is 0.325 e. The van der Waals surface area contributed by atoms with Crippen LogP contribution in [0.4, 0.5) is 13.6 Å². The van der Waals surface area contributed by atoms with Crippen LogP contribution < -0.4 is 5.32 Å². The third-order valence-electron chi connectivity index (χ3n) is 6.17. The van der Waals surface area contributed by atoms with Crippen molar-refractivity contribution in [3.05, 3.63) is 48.0 Å². The third kappa shape index (κ3) is 6.35. The highest BCUT2D eigenvalue weighted by atomic mass is 31.2. The molecule has 1 aliphatic carbocycles. The van der Waals surface area contributed by atoms with Crippen molar-refractivity contribution in [3.8, 4) is 0 Å². The number of hydrogen-bond acceptors (Lipinski definition) is 3. The topological polar surface area (TPSA) is 110 Å². The van der Waals surface area contributed by atoms with E-state index in [9.17, 15) is 23.2 Å². The Kier molecular flexibility index (Phi) is 7.21. The van der Waals surface area contributed by atoms with Gasteiger partial charge in [-0.1, -0.05) is 42.5 Å². The molecule has 2 aliphatic rings. The van der Waals surface area contributed by atoms with Gasteiger partial charge in [-0.3, -0.25) is 4.57 Å². The smallest absolute Gasteiger partial charge is 0.325 e. The van der Waals surface area contributed by atoms with Crippen LogP contribution in [0.5, 0.6) is 0 Å². The molecular weight excluding hydrogens is 429 g/mol. The first kappa shape index (κ1) is 23.9. The second kappa shape index (κ2) is 9.36. The number of amides is 2. The van der Waals surface area contributed by atoms with Gasteiger partial charge in [0.05, 0.1) is 12.2 Å². The number of carbonyl (C=O) groups excluding carboxylic acids is 1. The molecular formula is C21H29F2N2O5P. The van der Waals surface area contributed by atoms with E-state index in [4.69, 9.17) is 9.79 Å². The first-order valence-electron chi connectivity index (χ1n) is 10.4. The molecule has 2 fully saturated rings. The molecule has 10 heteroatoms. The molecule has 2 amide bonds. The maximum atomic E-state index is 14.4. The molecule has 4 N–H and O–H groups in total. The largest absolute Gasteiger partial charge is 0.382 e. The SMILES string of the molecule is O=C1NCC(C=CC(O)C(F)(F)c2ccccc2)N1CCCC1(CCP(=O)(O)O)CC1. The molecule has 1 saturated carbocycles. The number of carbonyl (C=O) groups is 1. The van der Waals surface area contributed by atoms with Crippen LogP contribution in [0.25, 0.3) is 0 Å². The van der Waals surface area contributed by atoms with Gasteiger partial charge in [-0.05, 0) is 37.5 Å². The molecule has 0 aromatic heterocycles. The van der Waals surface area contributed by atoms with Gasteiger partial charge < -0.3 is 25.1 Å². The van der Waals surface area contributed by atoms with Crippen molar-refractivity contribution >= 4 is 13.6 Å². The van der Waals surface area contributed by atoms with Crippen LogP contribution in [-0.2, 0) is 10.5 Å². The van der Waals surface area contributed by atoms with Gasteiger partial charge in [0.15, 0.2) is 0 Å². The molecule has 1 aromatic carbocycles. The summed E-state index contributed by atoms with van der Waals surface area (Å²) in [7, 11) is -4.02. The van der Waals surface area contributed by atoms with E-state index in [1.807, 2.05) is 0 Å². The molecule has 1 heterocycles. The number of nitrogens with zero attached hydrogens (tertiary/aromatic N) is 1. The van der Waals surface area contributed by atoms with Crippen LogP contribution in [-0.4, -0.2) is 57.2 Å². The van der Waals surface area contributed by atoms with Gasteiger partial charge in [0.1, 0.15) is 6.10 Å². The second-order valence-corrected chi connectivity index (χ2v) is 10.3. The van der Waals surface area contributed by atoms with E-state index in [1.54, 1.807) is 11.0 Å². The first-order chi connectivity index (χ1) is 14.5. The number of hydrogen-bond donors (Lipinski definition) is 4. The van der Waals surface area contributed by atoms with Gasteiger partial charge >= 0.3 is 19.5 Å². The standard InChI is InChI=1S/C21H29F2N2O5P/c22-21(23,16-5-2-1-3-6-16)18(26)8-7-17-15-24-19(27)25(17)13-4-9-20(10-11-20)12-14-31(28,29)30/h1-3,5-8,17-18,26H,4,9-15H2,(H,24,27)(H2,28,29,30). The lowest BCUT2D eigenvalue weighted by atomic mass is 9.97. The van der Waals surface area contributed by atoms with E-state index < -0.39 is 25.7 Å². The minimum atomic E-state index is -4.02. The molecule has 1 saturated heterocycles. The van der Waals surface area contributed by atoms with Crippen molar-refractivity contribution in [1.82, 2.24) is 10.2 Å². The maximum absolute atomic E-state index is 14.4. The highest BCUT2D eigenvalue weighted by molar-refractivity contribution is 7.51. The minimum absolute atomic E-state index is 0.0589. The van der Waals surface area contributed by atoms with Crippen molar-refractivity contribution in [1.29, 1.82) is 0 Å². The van der Waals surface area contributed by atoms with Crippen LogP contribution in [0.15, 0.2) is 42.5 Å². The summed E-state index contributed by atoms with van der Waals surface area (Å²) in [6.07, 6.45) is 4.03. The van der Waals surface area contributed by atoms with Crippen LogP contribution >= 0.6 is 7.60 Å². The number of urea groups is 1. The Bertz CT molecular complexity index is 841. The van der Waals surface area contributed by atoms with Gasteiger partial charge in [-0.2, -0.15) is 8.78 Å². The van der Waals surface area contributed by atoms with E-state index in [0.717, 1.165) is 25.3 Å². The fourth-order valence-corrected chi connectivity index (χ4v) is 4.75. The van der Waals surface area contributed by atoms with Crippen molar-refractivity contribution in [2.24, 2.45) is 5.41 Å². The van der Waals surface area contributed by atoms with Crippen LogP contribution in [0, 0.1) is 5.41 Å². The third-order valence-corrected chi connectivity index (χ3v) is 6.97. The summed E-state index contributed by atoms with van der Waals surface area (Å²) in [5.41, 5.74) is -0.342. The fraction of sp³-hybridized carbons (Fsp3) is 0.571. The summed E-state index contributed by atoms with van der Waals surface area (Å²) in [5, 5.41) is 12.7. The minimum Gasteiger partial charge on any atom is -0.382 e. The molecule has 1 aromatic rings. The molecule has 172 valence electrons. The molecule has 3 rings (SSSR count). The highest BCUT2D eigenvalue weighted by Crippen LogP contribution is 2.55. The lowest BCUT2D eigenvalue weighted by Gasteiger charge is -2.24. The normalized spacial score (nSPS) is 22.0.